The van der Waals surface area contributed by atoms with E-state index in [1.807, 2.05) is 36.5 Å². The molecule has 0 saturated heterocycles. The Hall–Kier alpha value is -3.12. The molecule has 27 heavy (non-hydrogen) atoms. The van der Waals surface area contributed by atoms with E-state index in [0.29, 0.717) is 25.3 Å². The molecule has 1 amide bonds. The Morgan fingerprint density at radius 3 is 2.74 bits per heavy atom. The lowest BCUT2D eigenvalue weighted by atomic mass is 10.2. The number of benzene rings is 2. The highest BCUT2D eigenvalue weighted by molar-refractivity contribution is 5.94. The molecule has 138 valence electrons. The molecule has 0 fully saturated rings. The number of nitrogens with one attached hydrogen (secondary N) is 1. The third-order valence-corrected chi connectivity index (χ3v) is 4.62. The van der Waals surface area contributed by atoms with Gasteiger partial charge in [-0.3, -0.25) is 4.79 Å². The molecule has 4 rings (SSSR count). The minimum absolute atomic E-state index is 0.0856. The van der Waals surface area contributed by atoms with Crippen molar-refractivity contribution >= 4 is 5.91 Å². The molecule has 2 aromatic carbocycles. The highest BCUT2D eigenvalue weighted by Crippen LogP contribution is 2.22. The summed E-state index contributed by atoms with van der Waals surface area (Å²) < 4.78 is 13.1. The average molecular weight is 363 g/mol. The van der Waals surface area contributed by atoms with Gasteiger partial charge in [-0.05, 0) is 24.3 Å². The number of amides is 1. The van der Waals surface area contributed by atoms with Gasteiger partial charge in [0.15, 0.2) is 0 Å². The maximum Gasteiger partial charge on any atom is 0.251 e. The second-order valence-electron chi connectivity index (χ2n) is 6.43. The highest BCUT2D eigenvalue weighted by Gasteiger charge is 2.22. The van der Waals surface area contributed by atoms with Gasteiger partial charge in [0.2, 0.25) is 0 Å². The van der Waals surface area contributed by atoms with Crippen molar-refractivity contribution in [3.63, 3.8) is 0 Å². The fourth-order valence-electron chi connectivity index (χ4n) is 3.11. The van der Waals surface area contributed by atoms with E-state index in [4.69, 9.17) is 9.47 Å². The van der Waals surface area contributed by atoms with E-state index in [1.165, 1.54) is 0 Å². The quantitative estimate of drug-likeness (QED) is 0.757. The van der Waals surface area contributed by atoms with Crippen LogP contribution in [0.4, 0.5) is 0 Å². The molecule has 1 aliphatic rings. The van der Waals surface area contributed by atoms with Crippen molar-refractivity contribution < 1.29 is 14.3 Å². The van der Waals surface area contributed by atoms with Crippen LogP contribution < -0.4 is 10.1 Å². The first-order valence-electron chi connectivity index (χ1n) is 8.88. The molecule has 2 heterocycles. The van der Waals surface area contributed by atoms with E-state index in [9.17, 15) is 4.79 Å². The second kappa shape index (κ2) is 7.63. The predicted octanol–water partition coefficient (Wildman–Crippen LogP) is 2.89. The lowest BCUT2D eigenvalue weighted by molar-refractivity contribution is 0.00327. The molecular weight excluding hydrogens is 342 g/mol. The van der Waals surface area contributed by atoms with Gasteiger partial charge in [0.05, 0.1) is 25.5 Å². The molecular formula is C21H21N3O3. The molecule has 0 radical (unpaired) electrons. The van der Waals surface area contributed by atoms with Gasteiger partial charge in [-0.25, -0.2) is 4.98 Å². The lowest BCUT2D eigenvalue weighted by Crippen LogP contribution is -2.38. The van der Waals surface area contributed by atoms with Crippen molar-refractivity contribution in [3.8, 4) is 17.0 Å². The molecule has 0 aliphatic carbocycles. The van der Waals surface area contributed by atoms with Crippen molar-refractivity contribution in [1.29, 1.82) is 0 Å². The fourth-order valence-corrected chi connectivity index (χ4v) is 3.11. The fraction of sp³-hybridized carbons (Fsp3) is 0.238. The summed E-state index contributed by atoms with van der Waals surface area (Å²) in [5, 5.41) is 2.94. The number of aromatic nitrogens is 2. The lowest BCUT2D eigenvalue weighted by Gasteiger charge is -2.24. The van der Waals surface area contributed by atoms with Crippen LogP contribution in [0.3, 0.4) is 0 Å². The first-order chi connectivity index (χ1) is 13.2. The van der Waals surface area contributed by atoms with Gasteiger partial charge < -0.3 is 19.4 Å². The Labute approximate surface area is 157 Å². The van der Waals surface area contributed by atoms with Crippen LogP contribution >= 0.6 is 0 Å². The van der Waals surface area contributed by atoms with Crippen molar-refractivity contribution in [3.05, 3.63) is 72.2 Å². The van der Waals surface area contributed by atoms with E-state index in [1.54, 1.807) is 31.4 Å². The number of hydrogen-bond acceptors (Lipinski definition) is 4. The maximum atomic E-state index is 12.3. The zero-order valence-corrected chi connectivity index (χ0v) is 15.1. The van der Waals surface area contributed by atoms with Crippen LogP contribution in [0.2, 0.25) is 0 Å². The van der Waals surface area contributed by atoms with Crippen LogP contribution in [0, 0.1) is 0 Å². The number of carbonyl (C=O) groups excluding carboxylic acids is 1. The van der Waals surface area contributed by atoms with Crippen LogP contribution in [0.25, 0.3) is 11.3 Å². The monoisotopic (exact) mass is 363 g/mol. The standard InChI is InChI=1S/C21H21N3O3/c1-26-17-9-7-16(8-10-17)21(25)22-11-18-12-24-13-19(23-20(24)14-27-18)15-5-3-2-4-6-15/h2-10,13,18H,11-12,14H2,1H3,(H,22,25)/t18-/m0/s1. The van der Waals surface area contributed by atoms with Crippen molar-refractivity contribution in [2.45, 2.75) is 19.3 Å². The summed E-state index contributed by atoms with van der Waals surface area (Å²) in [6.07, 6.45) is 1.96. The molecule has 1 N–H and O–H groups in total. The molecule has 6 heteroatoms. The Morgan fingerprint density at radius 1 is 1.22 bits per heavy atom. The molecule has 0 bridgehead atoms. The van der Waals surface area contributed by atoms with Gasteiger partial charge in [0, 0.05) is 23.9 Å². The van der Waals surface area contributed by atoms with E-state index >= 15 is 0 Å². The molecule has 1 aromatic heterocycles. The molecule has 3 aromatic rings. The van der Waals surface area contributed by atoms with Gasteiger partial charge >= 0.3 is 0 Å². The Morgan fingerprint density at radius 2 is 2.00 bits per heavy atom. The number of imidazole rings is 1. The van der Waals surface area contributed by atoms with E-state index in [0.717, 1.165) is 22.8 Å². The van der Waals surface area contributed by atoms with Crippen LogP contribution in [0.1, 0.15) is 16.2 Å². The summed E-state index contributed by atoms with van der Waals surface area (Å²) in [5.74, 6) is 1.51. The molecule has 0 unspecified atom stereocenters. The summed E-state index contributed by atoms with van der Waals surface area (Å²) in [5.41, 5.74) is 2.63. The van der Waals surface area contributed by atoms with Gasteiger partial charge in [-0.2, -0.15) is 0 Å². The Kier molecular flexibility index (Phi) is 4.89. The minimum Gasteiger partial charge on any atom is -0.497 e. The minimum atomic E-state index is -0.123. The largest absolute Gasteiger partial charge is 0.497 e. The number of rotatable bonds is 5. The average Bonchev–Trinajstić information content (AvgIpc) is 3.16. The van der Waals surface area contributed by atoms with E-state index < -0.39 is 0 Å². The van der Waals surface area contributed by atoms with Gasteiger partial charge in [0.25, 0.3) is 5.91 Å². The molecule has 0 spiro atoms. The van der Waals surface area contributed by atoms with E-state index in [-0.39, 0.29) is 12.0 Å². The SMILES string of the molecule is COc1ccc(C(=O)NC[C@H]2Cn3cc(-c4ccccc4)nc3CO2)cc1. The first-order valence-corrected chi connectivity index (χ1v) is 8.88. The predicted molar refractivity (Wildman–Crippen MR) is 102 cm³/mol. The molecule has 1 atom stereocenters. The smallest absolute Gasteiger partial charge is 0.251 e. The van der Waals surface area contributed by atoms with Crippen LogP contribution in [-0.4, -0.2) is 35.2 Å². The van der Waals surface area contributed by atoms with Crippen LogP contribution in [0.15, 0.2) is 60.8 Å². The highest BCUT2D eigenvalue weighted by atomic mass is 16.5. The van der Waals surface area contributed by atoms with Gasteiger partial charge in [-0.1, -0.05) is 30.3 Å². The van der Waals surface area contributed by atoms with Crippen LogP contribution in [0.5, 0.6) is 5.75 Å². The summed E-state index contributed by atoms with van der Waals surface area (Å²) in [7, 11) is 1.60. The first kappa shape index (κ1) is 17.3. The van der Waals surface area contributed by atoms with E-state index in [2.05, 4.69) is 14.9 Å². The van der Waals surface area contributed by atoms with Crippen LogP contribution in [-0.2, 0) is 17.9 Å². The Bertz CT molecular complexity index is 920. The number of carbonyl (C=O) groups is 1. The molecule has 1 aliphatic heterocycles. The topological polar surface area (TPSA) is 65.4 Å². The van der Waals surface area contributed by atoms with Crippen molar-refractivity contribution in [1.82, 2.24) is 14.9 Å². The summed E-state index contributed by atoms with van der Waals surface area (Å²) >= 11 is 0. The maximum absolute atomic E-state index is 12.3. The Balaban J connectivity index is 1.37. The zero-order chi connectivity index (χ0) is 18.6. The number of nitrogens with zero attached hydrogens (tertiary/aromatic N) is 2. The number of ether oxygens (including phenoxy) is 2. The number of fused-ring (bicyclic) bond motifs is 1. The zero-order valence-electron chi connectivity index (χ0n) is 15.1. The normalized spacial score (nSPS) is 15.8. The number of hydrogen-bond donors (Lipinski definition) is 1. The van der Waals surface area contributed by atoms with Gasteiger partial charge in [-0.15, -0.1) is 0 Å². The van der Waals surface area contributed by atoms with Crippen molar-refractivity contribution in [2.24, 2.45) is 0 Å². The summed E-state index contributed by atoms with van der Waals surface area (Å²) in [4.78, 5) is 16.9. The molecule has 0 saturated carbocycles. The number of methoxy groups -OCH3 is 1. The third kappa shape index (κ3) is 3.85. The summed E-state index contributed by atoms with van der Waals surface area (Å²) in [6.45, 7) is 1.55. The van der Waals surface area contributed by atoms with Crippen molar-refractivity contribution in [2.75, 3.05) is 13.7 Å². The third-order valence-electron chi connectivity index (χ3n) is 4.62. The van der Waals surface area contributed by atoms with Gasteiger partial charge in [0.1, 0.15) is 18.2 Å². The molecule has 6 nitrogen and oxygen atoms in total. The second-order valence-corrected chi connectivity index (χ2v) is 6.43. The summed E-state index contributed by atoms with van der Waals surface area (Å²) in [6, 6.07) is 17.1.